The van der Waals surface area contributed by atoms with Gasteiger partial charge in [-0.25, -0.2) is 4.98 Å². The van der Waals surface area contributed by atoms with Gasteiger partial charge in [-0.15, -0.1) is 11.3 Å². The van der Waals surface area contributed by atoms with Gasteiger partial charge in [-0.3, -0.25) is 4.90 Å². The molecule has 5 heteroatoms. The van der Waals surface area contributed by atoms with E-state index in [0.29, 0.717) is 0 Å². The molecule has 1 aromatic carbocycles. The number of hydrogen-bond donors (Lipinski definition) is 1. The van der Waals surface area contributed by atoms with Crippen molar-refractivity contribution in [2.24, 2.45) is 5.92 Å². The molecule has 0 radical (unpaired) electrons. The second kappa shape index (κ2) is 7.26. The zero-order valence-electron chi connectivity index (χ0n) is 13.7. The van der Waals surface area contributed by atoms with E-state index in [9.17, 15) is 0 Å². The van der Waals surface area contributed by atoms with Gasteiger partial charge in [0.2, 0.25) is 0 Å². The summed E-state index contributed by atoms with van der Waals surface area (Å²) in [6.07, 6.45) is 2.71. The van der Waals surface area contributed by atoms with Crippen LogP contribution in [0.2, 0.25) is 0 Å². The Balaban J connectivity index is 1.27. The summed E-state index contributed by atoms with van der Waals surface area (Å²) >= 11 is 1.85. The number of aromatic nitrogens is 1. The van der Waals surface area contributed by atoms with Crippen molar-refractivity contribution in [2.45, 2.75) is 19.4 Å². The van der Waals surface area contributed by atoms with Gasteiger partial charge in [0.25, 0.3) is 0 Å². The zero-order chi connectivity index (χ0) is 15.5. The normalized spacial score (nSPS) is 21.9. The Morgan fingerprint density at radius 3 is 2.57 bits per heavy atom. The van der Waals surface area contributed by atoms with E-state index in [2.05, 4.69) is 39.4 Å². The van der Waals surface area contributed by atoms with Crippen LogP contribution in [-0.2, 0) is 6.54 Å². The van der Waals surface area contributed by atoms with Crippen LogP contribution in [0.3, 0.4) is 0 Å². The molecule has 2 aliphatic rings. The standard InChI is InChI=1S/C18H26N4S/c1-2-4-17-16(3-1)20-18(23-17)14-22-11-9-21(10-12-22)13-15-5-7-19-8-6-15/h1-4,15,19H,5-14H2. The Labute approximate surface area is 142 Å². The number of piperidine rings is 1. The quantitative estimate of drug-likeness (QED) is 0.933. The minimum atomic E-state index is 0.909. The van der Waals surface area contributed by atoms with Crippen LogP contribution in [0.15, 0.2) is 24.3 Å². The first-order chi connectivity index (χ1) is 11.4. The van der Waals surface area contributed by atoms with Gasteiger partial charge >= 0.3 is 0 Å². The number of nitrogens with one attached hydrogen (secondary N) is 1. The molecule has 0 unspecified atom stereocenters. The number of benzene rings is 1. The number of hydrogen-bond acceptors (Lipinski definition) is 5. The van der Waals surface area contributed by atoms with Gasteiger partial charge in [-0.05, 0) is 44.0 Å². The Hall–Kier alpha value is -1.01. The average molecular weight is 331 g/mol. The van der Waals surface area contributed by atoms with E-state index >= 15 is 0 Å². The van der Waals surface area contributed by atoms with Gasteiger partial charge in [0, 0.05) is 32.7 Å². The molecule has 0 amide bonds. The number of thiazole rings is 1. The second-order valence-corrected chi connectivity index (χ2v) is 7.96. The molecule has 4 nitrogen and oxygen atoms in total. The summed E-state index contributed by atoms with van der Waals surface area (Å²) in [6.45, 7) is 9.53. The Kier molecular flexibility index (Phi) is 4.90. The van der Waals surface area contributed by atoms with Crippen molar-refractivity contribution >= 4 is 21.6 Å². The minimum Gasteiger partial charge on any atom is -0.317 e. The molecule has 0 saturated carbocycles. The first-order valence-corrected chi connectivity index (χ1v) is 9.68. The molecule has 0 atom stereocenters. The van der Waals surface area contributed by atoms with Crippen LogP contribution in [0, 0.1) is 5.92 Å². The summed E-state index contributed by atoms with van der Waals surface area (Å²) < 4.78 is 1.31. The summed E-state index contributed by atoms with van der Waals surface area (Å²) in [5, 5.41) is 4.73. The van der Waals surface area contributed by atoms with E-state index in [0.717, 1.165) is 18.0 Å². The number of rotatable bonds is 4. The summed E-state index contributed by atoms with van der Waals surface area (Å²) in [7, 11) is 0. The lowest BCUT2D eigenvalue weighted by Crippen LogP contribution is -2.48. The SMILES string of the molecule is c1ccc2sc(CN3CCN(CC4CCNCC4)CC3)nc2c1. The Morgan fingerprint density at radius 2 is 1.78 bits per heavy atom. The van der Waals surface area contributed by atoms with Crippen LogP contribution >= 0.6 is 11.3 Å². The molecule has 0 spiro atoms. The number of fused-ring (bicyclic) bond motifs is 1. The molecule has 0 aliphatic carbocycles. The molecule has 124 valence electrons. The second-order valence-electron chi connectivity index (χ2n) is 6.85. The highest BCUT2D eigenvalue weighted by molar-refractivity contribution is 7.18. The van der Waals surface area contributed by atoms with Gasteiger partial charge in [0.15, 0.2) is 0 Å². The lowest BCUT2D eigenvalue weighted by molar-refractivity contribution is 0.107. The number of piperazine rings is 1. The van der Waals surface area contributed by atoms with Crippen LogP contribution in [-0.4, -0.2) is 60.6 Å². The van der Waals surface area contributed by atoms with Gasteiger partial charge in [-0.2, -0.15) is 0 Å². The third-order valence-electron chi connectivity index (χ3n) is 5.14. The van der Waals surface area contributed by atoms with E-state index in [1.807, 2.05) is 11.3 Å². The lowest BCUT2D eigenvalue weighted by Gasteiger charge is -2.37. The predicted molar refractivity (Wildman–Crippen MR) is 96.9 cm³/mol. The van der Waals surface area contributed by atoms with Crippen molar-refractivity contribution < 1.29 is 0 Å². The summed E-state index contributed by atoms with van der Waals surface area (Å²) in [5.74, 6) is 0.909. The maximum absolute atomic E-state index is 4.78. The van der Waals surface area contributed by atoms with E-state index in [1.54, 1.807) is 0 Å². The molecule has 4 rings (SSSR count). The highest BCUT2D eigenvalue weighted by Gasteiger charge is 2.22. The van der Waals surface area contributed by atoms with Crippen LogP contribution in [0.5, 0.6) is 0 Å². The van der Waals surface area contributed by atoms with Crippen molar-refractivity contribution in [1.29, 1.82) is 0 Å². The molecule has 1 aromatic heterocycles. The summed E-state index contributed by atoms with van der Waals surface area (Å²) in [6, 6.07) is 8.47. The maximum Gasteiger partial charge on any atom is 0.108 e. The molecule has 2 fully saturated rings. The lowest BCUT2D eigenvalue weighted by atomic mass is 9.97. The van der Waals surface area contributed by atoms with Crippen LogP contribution in [0.1, 0.15) is 17.8 Å². The van der Waals surface area contributed by atoms with Crippen molar-refractivity contribution in [3.05, 3.63) is 29.3 Å². The van der Waals surface area contributed by atoms with E-state index in [-0.39, 0.29) is 0 Å². The molecule has 2 aliphatic heterocycles. The highest BCUT2D eigenvalue weighted by Crippen LogP contribution is 2.23. The van der Waals surface area contributed by atoms with Gasteiger partial charge < -0.3 is 10.2 Å². The molecule has 1 N–H and O–H groups in total. The van der Waals surface area contributed by atoms with E-state index in [4.69, 9.17) is 4.98 Å². The smallest absolute Gasteiger partial charge is 0.108 e. The molecule has 2 saturated heterocycles. The first-order valence-electron chi connectivity index (χ1n) is 8.87. The third kappa shape index (κ3) is 3.91. The van der Waals surface area contributed by atoms with Crippen LogP contribution < -0.4 is 5.32 Å². The third-order valence-corrected chi connectivity index (χ3v) is 6.16. The van der Waals surface area contributed by atoms with Gasteiger partial charge in [0.1, 0.15) is 5.01 Å². The number of para-hydroxylation sites is 1. The van der Waals surface area contributed by atoms with E-state index in [1.165, 1.54) is 68.4 Å². The maximum atomic E-state index is 4.78. The minimum absolute atomic E-state index is 0.909. The fourth-order valence-electron chi connectivity index (χ4n) is 3.74. The number of nitrogens with zero attached hydrogens (tertiary/aromatic N) is 3. The molecular weight excluding hydrogens is 304 g/mol. The van der Waals surface area contributed by atoms with Crippen molar-refractivity contribution in [3.63, 3.8) is 0 Å². The molecule has 0 bridgehead atoms. The average Bonchev–Trinajstić information content (AvgIpc) is 3.00. The van der Waals surface area contributed by atoms with Gasteiger partial charge in [0.05, 0.1) is 16.8 Å². The highest BCUT2D eigenvalue weighted by atomic mass is 32.1. The van der Waals surface area contributed by atoms with Crippen molar-refractivity contribution in [3.8, 4) is 0 Å². The zero-order valence-corrected chi connectivity index (χ0v) is 14.5. The molecular formula is C18H26N4S. The van der Waals surface area contributed by atoms with E-state index < -0.39 is 0 Å². The van der Waals surface area contributed by atoms with Crippen LogP contribution in [0.25, 0.3) is 10.2 Å². The molecule has 2 aromatic rings. The summed E-state index contributed by atoms with van der Waals surface area (Å²) in [5.41, 5.74) is 1.15. The fraction of sp³-hybridized carbons (Fsp3) is 0.611. The van der Waals surface area contributed by atoms with Gasteiger partial charge in [-0.1, -0.05) is 12.1 Å². The largest absolute Gasteiger partial charge is 0.317 e. The van der Waals surface area contributed by atoms with Crippen molar-refractivity contribution in [1.82, 2.24) is 20.1 Å². The summed E-state index contributed by atoms with van der Waals surface area (Å²) in [4.78, 5) is 10.0. The monoisotopic (exact) mass is 330 g/mol. The predicted octanol–water partition coefficient (Wildman–Crippen LogP) is 2.41. The molecule has 23 heavy (non-hydrogen) atoms. The van der Waals surface area contributed by atoms with Crippen molar-refractivity contribution in [2.75, 3.05) is 45.8 Å². The molecule has 3 heterocycles. The Bertz CT molecular complexity index is 594. The Morgan fingerprint density at radius 1 is 1.04 bits per heavy atom. The fourth-order valence-corrected chi connectivity index (χ4v) is 4.75. The first kappa shape index (κ1) is 15.5. The topological polar surface area (TPSA) is 31.4 Å². The van der Waals surface area contributed by atoms with Crippen LogP contribution in [0.4, 0.5) is 0 Å².